The van der Waals surface area contributed by atoms with Crippen LogP contribution >= 0.6 is 11.3 Å². The second kappa shape index (κ2) is 8.44. The molecule has 3 aromatic rings. The minimum Gasteiger partial charge on any atom is -0.422 e. The van der Waals surface area contributed by atoms with Crippen molar-refractivity contribution in [3.8, 4) is 16.3 Å². The molecule has 0 aliphatic carbocycles. The molecule has 38 heavy (non-hydrogen) atoms. The van der Waals surface area contributed by atoms with Crippen molar-refractivity contribution in [2.75, 3.05) is 31.1 Å². The van der Waals surface area contributed by atoms with Crippen LogP contribution in [0, 0.1) is 0 Å². The quantitative estimate of drug-likeness (QED) is 0.465. The van der Waals surface area contributed by atoms with Gasteiger partial charge in [0.05, 0.1) is 24.2 Å². The predicted molar refractivity (Wildman–Crippen MR) is 121 cm³/mol. The number of β-amino-alcohol motifs (C(OH)–C–C–N with tert-alkyl or cyclic N) is 1. The number of anilines is 1. The summed E-state index contributed by atoms with van der Waals surface area (Å²) in [4.78, 5) is 24.1. The number of nitrogens with one attached hydrogen (secondary N) is 1. The van der Waals surface area contributed by atoms with E-state index in [1.165, 1.54) is 6.20 Å². The van der Waals surface area contributed by atoms with Crippen molar-refractivity contribution in [1.82, 2.24) is 20.2 Å². The van der Waals surface area contributed by atoms with Gasteiger partial charge in [-0.3, -0.25) is 4.79 Å². The van der Waals surface area contributed by atoms with Crippen LogP contribution in [0.25, 0.3) is 21.7 Å². The molecule has 0 spiro atoms. The zero-order chi connectivity index (χ0) is 27.0. The number of ether oxygens (including phenoxy) is 1. The van der Waals surface area contributed by atoms with Gasteiger partial charge in [0.15, 0.2) is 22.5 Å². The number of aliphatic hydroxyl groups is 1. The van der Waals surface area contributed by atoms with E-state index in [-0.39, 0.29) is 29.2 Å². The maximum Gasteiger partial charge on any atom is 0.573 e. The standard InChI is InChI=1S/C22H19F6N5O4S/c23-21(24,25)20(35)8-33(9-20)18(34)13-5-12(17-29-3-4-38-17)15-14(16(13)37-22(26,27)28)31-19(36-15)32-6-10-1-2-11(7-32)30-10/h3-5,10-11,30,35H,1-2,6-9H2. The molecule has 3 fully saturated rings. The maximum absolute atomic E-state index is 13.5. The van der Waals surface area contributed by atoms with Gasteiger partial charge in [-0.1, -0.05) is 0 Å². The number of hydrogen-bond donors (Lipinski definition) is 2. The number of alkyl halides is 6. The fourth-order valence-electron chi connectivity index (χ4n) is 5.11. The van der Waals surface area contributed by atoms with Crippen LogP contribution in [0.2, 0.25) is 0 Å². The Hall–Kier alpha value is -3.11. The first-order chi connectivity index (χ1) is 17.8. The minimum absolute atomic E-state index is 0.0308. The number of thiazole rings is 1. The summed E-state index contributed by atoms with van der Waals surface area (Å²) in [6, 6.07) is 1.39. The van der Waals surface area contributed by atoms with E-state index in [0.717, 1.165) is 30.2 Å². The van der Waals surface area contributed by atoms with Gasteiger partial charge in [0, 0.05) is 36.8 Å². The number of halogens is 6. The number of likely N-dealkylation sites (tertiary alicyclic amines) is 1. The van der Waals surface area contributed by atoms with Gasteiger partial charge < -0.3 is 29.4 Å². The van der Waals surface area contributed by atoms with Gasteiger partial charge in [-0.25, -0.2) is 4.98 Å². The first-order valence-electron chi connectivity index (χ1n) is 11.5. The molecule has 1 aromatic carbocycles. The lowest BCUT2D eigenvalue weighted by atomic mass is 9.92. The summed E-state index contributed by atoms with van der Waals surface area (Å²) in [5.74, 6) is -2.18. The van der Waals surface area contributed by atoms with Gasteiger partial charge in [-0.05, 0) is 18.9 Å². The van der Waals surface area contributed by atoms with E-state index in [9.17, 15) is 36.2 Å². The van der Waals surface area contributed by atoms with Crippen molar-refractivity contribution < 1.29 is 45.4 Å². The molecule has 5 heterocycles. The first kappa shape index (κ1) is 25.2. The molecule has 3 saturated heterocycles. The molecule has 6 rings (SSSR count). The Morgan fingerprint density at radius 1 is 1.18 bits per heavy atom. The van der Waals surface area contributed by atoms with E-state index in [2.05, 4.69) is 20.0 Å². The Labute approximate surface area is 214 Å². The maximum atomic E-state index is 13.5. The molecule has 16 heteroatoms. The number of carbonyl (C=O) groups excluding carboxylic acids is 1. The Morgan fingerprint density at radius 2 is 1.87 bits per heavy atom. The van der Waals surface area contributed by atoms with Crippen molar-refractivity contribution in [3.05, 3.63) is 23.2 Å². The van der Waals surface area contributed by atoms with Gasteiger partial charge in [-0.2, -0.15) is 18.2 Å². The second-order valence-electron chi connectivity index (χ2n) is 9.59. The predicted octanol–water partition coefficient (Wildman–Crippen LogP) is 3.54. The van der Waals surface area contributed by atoms with Crippen LogP contribution in [0.3, 0.4) is 0 Å². The molecular formula is C22H19F6N5O4S. The third kappa shape index (κ3) is 4.23. The summed E-state index contributed by atoms with van der Waals surface area (Å²) in [5, 5.41) is 15.1. The van der Waals surface area contributed by atoms with Crippen molar-refractivity contribution in [2.24, 2.45) is 0 Å². The Morgan fingerprint density at radius 3 is 2.45 bits per heavy atom. The van der Waals surface area contributed by atoms with Crippen molar-refractivity contribution in [3.63, 3.8) is 0 Å². The highest BCUT2D eigenvalue weighted by atomic mass is 32.1. The fraction of sp³-hybridized carbons (Fsp3) is 0.500. The summed E-state index contributed by atoms with van der Waals surface area (Å²) < 4.78 is 90.1. The fourth-order valence-corrected chi connectivity index (χ4v) is 5.76. The Kier molecular flexibility index (Phi) is 5.60. The number of hydrogen-bond acceptors (Lipinski definition) is 9. The summed E-state index contributed by atoms with van der Waals surface area (Å²) >= 11 is 1.12. The lowest BCUT2D eigenvalue weighted by Crippen LogP contribution is -2.70. The number of fused-ring (bicyclic) bond motifs is 3. The summed E-state index contributed by atoms with van der Waals surface area (Å²) in [5.41, 5.74) is -4.21. The molecule has 0 radical (unpaired) electrons. The van der Waals surface area contributed by atoms with Crippen LogP contribution in [0.1, 0.15) is 23.2 Å². The van der Waals surface area contributed by atoms with Crippen molar-refractivity contribution >= 4 is 34.4 Å². The van der Waals surface area contributed by atoms with E-state index in [4.69, 9.17) is 4.42 Å². The SMILES string of the molecule is O=C(c1cc(-c2nccs2)c2oc(N3CC4CCC(C3)N4)nc2c1OC(F)(F)F)N1CC(O)(C(F)(F)F)C1. The monoisotopic (exact) mass is 563 g/mol. The zero-order valence-corrected chi connectivity index (χ0v) is 20.1. The lowest BCUT2D eigenvalue weighted by Gasteiger charge is -2.46. The third-order valence-electron chi connectivity index (χ3n) is 6.93. The number of aromatic nitrogens is 2. The second-order valence-corrected chi connectivity index (χ2v) is 10.5. The van der Waals surface area contributed by atoms with Crippen LogP contribution in [0.15, 0.2) is 22.1 Å². The molecular weight excluding hydrogens is 544 g/mol. The molecule has 2 atom stereocenters. The molecule has 9 nitrogen and oxygen atoms in total. The molecule has 1 amide bonds. The number of carbonyl (C=O) groups is 1. The molecule has 2 N–H and O–H groups in total. The normalized spacial score (nSPS) is 23.1. The molecule has 204 valence electrons. The minimum atomic E-state index is -5.25. The van der Waals surface area contributed by atoms with Gasteiger partial charge in [0.2, 0.25) is 0 Å². The highest BCUT2D eigenvalue weighted by Crippen LogP contribution is 2.45. The molecule has 0 saturated carbocycles. The largest absolute Gasteiger partial charge is 0.573 e. The van der Waals surface area contributed by atoms with Crippen LogP contribution in [0.5, 0.6) is 5.75 Å². The Bertz CT molecular complexity index is 1370. The van der Waals surface area contributed by atoms with Crippen molar-refractivity contribution in [2.45, 2.75) is 43.1 Å². The number of piperazine rings is 1. The zero-order valence-electron chi connectivity index (χ0n) is 19.3. The number of amides is 1. The van der Waals surface area contributed by atoms with Crippen molar-refractivity contribution in [1.29, 1.82) is 0 Å². The van der Waals surface area contributed by atoms with Gasteiger partial charge >= 0.3 is 12.5 Å². The number of benzene rings is 1. The highest BCUT2D eigenvalue weighted by molar-refractivity contribution is 7.13. The van der Waals surface area contributed by atoms with E-state index < -0.39 is 54.0 Å². The average Bonchev–Trinajstić information content (AvgIpc) is 3.55. The van der Waals surface area contributed by atoms with E-state index in [1.54, 1.807) is 10.3 Å². The summed E-state index contributed by atoms with van der Waals surface area (Å²) in [6.07, 6.45) is -6.98. The highest BCUT2D eigenvalue weighted by Gasteiger charge is 2.62. The van der Waals surface area contributed by atoms with Gasteiger partial charge in [-0.15, -0.1) is 24.5 Å². The van der Waals surface area contributed by atoms with Crippen LogP contribution in [-0.2, 0) is 0 Å². The summed E-state index contributed by atoms with van der Waals surface area (Å²) in [6.45, 7) is -1.28. The van der Waals surface area contributed by atoms with E-state index >= 15 is 0 Å². The number of oxazole rings is 1. The van der Waals surface area contributed by atoms with E-state index in [0.29, 0.717) is 23.0 Å². The summed E-state index contributed by atoms with van der Waals surface area (Å²) in [7, 11) is 0. The molecule has 3 aliphatic heterocycles. The lowest BCUT2D eigenvalue weighted by molar-refractivity contribution is -0.294. The van der Waals surface area contributed by atoms with Crippen LogP contribution in [-0.4, -0.2) is 82.3 Å². The Balaban J connectivity index is 1.47. The third-order valence-corrected chi connectivity index (χ3v) is 7.73. The topological polar surface area (TPSA) is 104 Å². The smallest absolute Gasteiger partial charge is 0.422 e. The van der Waals surface area contributed by atoms with Crippen LogP contribution < -0.4 is 15.0 Å². The van der Waals surface area contributed by atoms with Gasteiger partial charge in [0.25, 0.3) is 11.9 Å². The van der Waals surface area contributed by atoms with Crippen LogP contribution in [0.4, 0.5) is 32.4 Å². The molecule has 2 unspecified atom stereocenters. The molecule has 2 aromatic heterocycles. The first-order valence-corrected chi connectivity index (χ1v) is 12.4. The number of rotatable bonds is 4. The average molecular weight is 563 g/mol. The van der Waals surface area contributed by atoms with Gasteiger partial charge in [0.1, 0.15) is 5.01 Å². The molecule has 3 aliphatic rings. The molecule has 2 bridgehead atoms. The van der Waals surface area contributed by atoms with E-state index in [1.807, 2.05) is 0 Å². The number of nitrogens with zero attached hydrogens (tertiary/aromatic N) is 4.